The molecule has 1 aliphatic rings. The van der Waals surface area contributed by atoms with Gasteiger partial charge in [0.25, 0.3) is 0 Å². The van der Waals surface area contributed by atoms with E-state index in [0.29, 0.717) is 11.5 Å². The minimum atomic E-state index is -4.68. The van der Waals surface area contributed by atoms with Crippen molar-refractivity contribution in [2.24, 2.45) is 0 Å². The Morgan fingerprint density at radius 2 is 2.10 bits per heavy atom. The molecular formula is C12H13F3N2O3S. The van der Waals surface area contributed by atoms with Gasteiger partial charge < -0.3 is 5.11 Å². The molecule has 1 fully saturated rings. The third kappa shape index (κ3) is 4.57. The number of aromatic carboxylic acids is 1. The number of ether oxygens (including phenoxy) is 1. The van der Waals surface area contributed by atoms with Gasteiger partial charge >= 0.3 is 12.3 Å². The standard InChI is InChI=1S/C12H13F3N2O3S/c1-6-8(11(18)19)10(17-9(16-6)7-2-3-7)21-5-4-20-12(13,14)15/h7H,2-5H2,1H3,(H,18,19). The summed E-state index contributed by atoms with van der Waals surface area (Å²) in [6, 6.07) is 0. The maximum atomic E-state index is 11.9. The van der Waals surface area contributed by atoms with Gasteiger partial charge in [0, 0.05) is 11.7 Å². The number of hydrogen-bond donors (Lipinski definition) is 1. The average molecular weight is 322 g/mol. The highest BCUT2D eigenvalue weighted by molar-refractivity contribution is 7.99. The van der Waals surface area contributed by atoms with E-state index in [9.17, 15) is 23.1 Å². The summed E-state index contributed by atoms with van der Waals surface area (Å²) < 4.78 is 39.3. The molecule has 0 bridgehead atoms. The summed E-state index contributed by atoms with van der Waals surface area (Å²) in [5, 5.41) is 9.37. The Morgan fingerprint density at radius 3 is 2.62 bits per heavy atom. The molecule has 0 radical (unpaired) electrons. The van der Waals surface area contributed by atoms with Crippen molar-refractivity contribution in [2.45, 2.75) is 37.1 Å². The van der Waals surface area contributed by atoms with Crippen LogP contribution in [-0.2, 0) is 4.74 Å². The first-order valence-electron chi connectivity index (χ1n) is 6.23. The molecule has 1 aromatic rings. The number of alkyl halides is 3. The van der Waals surface area contributed by atoms with Crippen LogP contribution in [0.5, 0.6) is 0 Å². The Bertz CT molecular complexity index is 547. The lowest BCUT2D eigenvalue weighted by Crippen LogP contribution is -2.15. The Labute approximate surface area is 122 Å². The van der Waals surface area contributed by atoms with E-state index in [1.807, 2.05) is 0 Å². The van der Waals surface area contributed by atoms with Gasteiger partial charge in [-0.2, -0.15) is 0 Å². The number of aromatic nitrogens is 2. The normalized spacial score (nSPS) is 15.2. The molecule has 5 nitrogen and oxygen atoms in total. The third-order valence-corrected chi connectivity index (χ3v) is 3.76. The van der Waals surface area contributed by atoms with Crippen molar-refractivity contribution in [1.29, 1.82) is 0 Å². The first-order chi connectivity index (χ1) is 9.78. The van der Waals surface area contributed by atoms with Gasteiger partial charge in [0.15, 0.2) is 0 Å². The second-order valence-corrected chi connectivity index (χ2v) is 5.65. The van der Waals surface area contributed by atoms with E-state index in [-0.39, 0.29) is 22.3 Å². The van der Waals surface area contributed by atoms with Crippen molar-refractivity contribution in [2.75, 3.05) is 12.4 Å². The van der Waals surface area contributed by atoms with Gasteiger partial charge in [-0.25, -0.2) is 14.8 Å². The van der Waals surface area contributed by atoms with E-state index in [4.69, 9.17) is 0 Å². The average Bonchev–Trinajstić information content (AvgIpc) is 3.16. The summed E-state index contributed by atoms with van der Waals surface area (Å²) in [6.07, 6.45) is -2.78. The summed E-state index contributed by atoms with van der Waals surface area (Å²) in [6.45, 7) is 1.00. The van der Waals surface area contributed by atoms with E-state index < -0.39 is 18.9 Å². The lowest BCUT2D eigenvalue weighted by atomic mass is 10.2. The summed E-state index contributed by atoms with van der Waals surface area (Å²) in [5.74, 6) is -0.427. The highest BCUT2D eigenvalue weighted by atomic mass is 32.2. The number of halogens is 3. The fourth-order valence-corrected chi connectivity index (χ4v) is 2.64. The summed E-state index contributed by atoms with van der Waals surface area (Å²) in [7, 11) is 0. The third-order valence-electron chi connectivity index (χ3n) is 2.82. The molecule has 21 heavy (non-hydrogen) atoms. The van der Waals surface area contributed by atoms with Crippen molar-refractivity contribution >= 4 is 17.7 Å². The lowest BCUT2D eigenvalue weighted by molar-refractivity contribution is -0.322. The topological polar surface area (TPSA) is 72.3 Å². The van der Waals surface area contributed by atoms with Crippen LogP contribution < -0.4 is 0 Å². The summed E-state index contributed by atoms with van der Waals surface area (Å²) in [5.41, 5.74) is 0.273. The van der Waals surface area contributed by atoms with Crippen molar-refractivity contribution in [1.82, 2.24) is 9.97 Å². The van der Waals surface area contributed by atoms with Gasteiger partial charge in [-0.05, 0) is 19.8 Å². The minimum absolute atomic E-state index is 0.0413. The van der Waals surface area contributed by atoms with Crippen LogP contribution in [0.15, 0.2) is 5.03 Å². The molecule has 0 spiro atoms. The van der Waals surface area contributed by atoms with E-state index in [0.717, 1.165) is 24.6 Å². The predicted octanol–water partition coefficient (Wildman–Crippen LogP) is 2.99. The van der Waals surface area contributed by atoms with Gasteiger partial charge in [0.1, 0.15) is 16.4 Å². The number of hydrogen-bond acceptors (Lipinski definition) is 5. The Balaban J connectivity index is 2.10. The van der Waals surface area contributed by atoms with E-state index in [2.05, 4.69) is 14.7 Å². The molecule has 1 N–H and O–H groups in total. The van der Waals surface area contributed by atoms with E-state index in [1.54, 1.807) is 6.92 Å². The van der Waals surface area contributed by atoms with Crippen molar-refractivity contribution < 1.29 is 27.8 Å². The molecule has 0 amide bonds. The number of nitrogens with zero attached hydrogens (tertiary/aromatic N) is 2. The number of carboxylic acids is 1. The van der Waals surface area contributed by atoms with Crippen molar-refractivity contribution in [3.8, 4) is 0 Å². The summed E-state index contributed by atoms with van der Waals surface area (Å²) in [4.78, 5) is 19.6. The zero-order valence-corrected chi connectivity index (χ0v) is 11.9. The molecule has 1 heterocycles. The Morgan fingerprint density at radius 1 is 1.43 bits per heavy atom. The second kappa shape index (κ2) is 6.18. The number of rotatable bonds is 6. The molecule has 0 aromatic carbocycles. The van der Waals surface area contributed by atoms with E-state index in [1.165, 1.54) is 0 Å². The maximum Gasteiger partial charge on any atom is 0.522 e. The smallest absolute Gasteiger partial charge is 0.478 e. The maximum absolute atomic E-state index is 11.9. The fraction of sp³-hybridized carbons (Fsp3) is 0.583. The number of carbonyl (C=O) groups is 1. The van der Waals surface area contributed by atoms with Crippen LogP contribution in [0.1, 0.15) is 40.6 Å². The molecule has 0 saturated heterocycles. The van der Waals surface area contributed by atoms with Gasteiger partial charge in [0.2, 0.25) is 0 Å². The highest BCUT2D eigenvalue weighted by Crippen LogP contribution is 2.39. The molecule has 9 heteroatoms. The molecule has 1 aromatic heterocycles. The number of carboxylic acid groups (broad SMARTS) is 1. The number of aryl methyl sites for hydroxylation is 1. The van der Waals surface area contributed by atoms with Gasteiger partial charge in [-0.3, -0.25) is 4.74 Å². The fourth-order valence-electron chi connectivity index (χ4n) is 1.74. The summed E-state index contributed by atoms with van der Waals surface area (Å²) >= 11 is 0.933. The molecule has 1 saturated carbocycles. The van der Waals surface area contributed by atoms with Crippen LogP contribution in [0, 0.1) is 6.92 Å². The minimum Gasteiger partial charge on any atom is -0.478 e. The molecule has 0 atom stereocenters. The molecule has 116 valence electrons. The zero-order valence-electron chi connectivity index (χ0n) is 11.1. The van der Waals surface area contributed by atoms with Crippen LogP contribution in [0.4, 0.5) is 13.2 Å². The molecule has 0 aliphatic heterocycles. The Kier molecular flexibility index (Phi) is 4.72. The van der Waals surface area contributed by atoms with Crippen molar-refractivity contribution in [3.05, 3.63) is 17.1 Å². The van der Waals surface area contributed by atoms with Crippen LogP contribution in [0.2, 0.25) is 0 Å². The molecule has 1 aliphatic carbocycles. The monoisotopic (exact) mass is 322 g/mol. The SMILES string of the molecule is Cc1nc(C2CC2)nc(SCCOC(F)(F)F)c1C(=O)O. The first-order valence-corrected chi connectivity index (χ1v) is 7.22. The quantitative estimate of drug-likeness (QED) is 0.493. The van der Waals surface area contributed by atoms with Crippen LogP contribution in [-0.4, -0.2) is 39.8 Å². The lowest BCUT2D eigenvalue weighted by Gasteiger charge is -2.10. The van der Waals surface area contributed by atoms with Gasteiger partial charge in [-0.1, -0.05) is 0 Å². The van der Waals surface area contributed by atoms with Crippen molar-refractivity contribution in [3.63, 3.8) is 0 Å². The Hall–Kier alpha value is -1.35. The molecular weight excluding hydrogens is 309 g/mol. The molecule has 2 rings (SSSR count). The first kappa shape index (κ1) is 16.0. The van der Waals surface area contributed by atoms with E-state index >= 15 is 0 Å². The van der Waals surface area contributed by atoms with Gasteiger partial charge in [0.05, 0.1) is 12.3 Å². The zero-order chi connectivity index (χ0) is 15.6. The predicted molar refractivity (Wildman–Crippen MR) is 68.4 cm³/mol. The van der Waals surface area contributed by atoms with Crippen LogP contribution >= 0.6 is 11.8 Å². The largest absolute Gasteiger partial charge is 0.522 e. The second-order valence-electron chi connectivity index (χ2n) is 4.57. The number of thioether (sulfide) groups is 1. The van der Waals surface area contributed by atoms with Crippen LogP contribution in [0.25, 0.3) is 0 Å². The molecule has 0 unspecified atom stereocenters. The van der Waals surface area contributed by atoms with Gasteiger partial charge in [-0.15, -0.1) is 24.9 Å². The highest BCUT2D eigenvalue weighted by Gasteiger charge is 2.30. The van der Waals surface area contributed by atoms with Crippen LogP contribution in [0.3, 0.4) is 0 Å².